The van der Waals surface area contributed by atoms with Gasteiger partial charge in [-0.25, -0.2) is 8.42 Å². The molecule has 0 atom stereocenters. The third-order valence-corrected chi connectivity index (χ3v) is 5.61. The van der Waals surface area contributed by atoms with Crippen molar-refractivity contribution in [3.63, 3.8) is 0 Å². The van der Waals surface area contributed by atoms with Gasteiger partial charge in [0.15, 0.2) is 5.82 Å². The van der Waals surface area contributed by atoms with Crippen molar-refractivity contribution in [1.29, 1.82) is 0 Å². The van der Waals surface area contributed by atoms with Crippen LogP contribution in [0.3, 0.4) is 0 Å². The Morgan fingerprint density at radius 3 is 2.45 bits per heavy atom. The lowest BCUT2D eigenvalue weighted by atomic mass is 10.3. The number of carbonyl (C=O) groups excluding carboxylic acids is 1. The van der Waals surface area contributed by atoms with Gasteiger partial charge in [-0.15, -0.1) is 0 Å². The van der Waals surface area contributed by atoms with Crippen molar-refractivity contribution < 1.29 is 22.7 Å². The smallest absolute Gasteiger partial charge is 0.321 e. The summed E-state index contributed by atoms with van der Waals surface area (Å²) in [7, 11) is -1.18. The molecule has 11 nitrogen and oxygen atoms in total. The highest BCUT2D eigenvalue weighted by atomic mass is 32.2. The third kappa shape index (κ3) is 5.69. The Morgan fingerprint density at radius 2 is 1.84 bits per heavy atom. The van der Waals surface area contributed by atoms with Gasteiger partial charge < -0.3 is 14.8 Å². The molecule has 2 aromatic heterocycles. The van der Waals surface area contributed by atoms with Gasteiger partial charge in [0.05, 0.1) is 19.1 Å². The molecule has 0 fully saturated rings. The Labute approximate surface area is 179 Å². The van der Waals surface area contributed by atoms with Crippen molar-refractivity contribution in [2.45, 2.75) is 24.8 Å². The van der Waals surface area contributed by atoms with Crippen molar-refractivity contribution in [2.24, 2.45) is 0 Å². The molecule has 2 N–H and O–H groups in total. The number of nitrogens with one attached hydrogen (secondary N) is 2. The van der Waals surface area contributed by atoms with Crippen LogP contribution in [-0.2, 0) is 21.4 Å². The number of ether oxygens (including phenoxy) is 2. The van der Waals surface area contributed by atoms with Crippen LogP contribution in [0.4, 0.5) is 11.5 Å². The number of carbonyl (C=O) groups is 1. The minimum absolute atomic E-state index is 0.00464. The summed E-state index contributed by atoms with van der Waals surface area (Å²) in [5.74, 6) is -0.0632. The van der Waals surface area contributed by atoms with Crippen LogP contribution in [0.25, 0.3) is 0 Å². The van der Waals surface area contributed by atoms with E-state index in [1.54, 1.807) is 10.9 Å². The lowest BCUT2D eigenvalue weighted by Crippen LogP contribution is -2.16. The first-order chi connectivity index (χ1) is 14.8. The lowest BCUT2D eigenvalue weighted by molar-refractivity contribution is -0.116. The summed E-state index contributed by atoms with van der Waals surface area (Å²) in [6, 6.07) is 8.92. The topological polar surface area (TPSA) is 137 Å². The normalized spacial score (nSPS) is 11.1. The number of anilines is 2. The predicted octanol–water partition coefficient (Wildman–Crippen LogP) is 1.83. The minimum Gasteiger partial charge on any atom is -0.481 e. The van der Waals surface area contributed by atoms with Crippen molar-refractivity contribution in [1.82, 2.24) is 19.7 Å². The van der Waals surface area contributed by atoms with Crippen LogP contribution in [0.15, 0.2) is 47.5 Å². The van der Waals surface area contributed by atoms with Gasteiger partial charge in [0.2, 0.25) is 11.8 Å². The second-order valence-electron chi connectivity index (χ2n) is 6.41. The summed E-state index contributed by atoms with van der Waals surface area (Å²) < 4.78 is 39.3. The number of aryl methyl sites for hydroxylation is 2. The van der Waals surface area contributed by atoms with Crippen LogP contribution < -0.4 is 19.5 Å². The second-order valence-corrected chi connectivity index (χ2v) is 8.09. The number of sulfonamides is 1. The Morgan fingerprint density at radius 1 is 1.10 bits per heavy atom. The van der Waals surface area contributed by atoms with E-state index in [2.05, 4.69) is 25.1 Å². The maximum Gasteiger partial charge on any atom is 0.321 e. The van der Waals surface area contributed by atoms with E-state index in [-0.39, 0.29) is 34.9 Å². The number of amides is 1. The van der Waals surface area contributed by atoms with E-state index in [0.717, 1.165) is 5.69 Å². The first kappa shape index (κ1) is 22.0. The number of methoxy groups -OCH3 is 2. The SMILES string of the molecule is COc1cc(NS(=O)(=O)c2ccc(NC(=O)CCn3nccc3C)cc2)nc(OC)n1. The molecule has 3 rings (SSSR count). The first-order valence-corrected chi connectivity index (χ1v) is 10.7. The van der Waals surface area contributed by atoms with Crippen LogP contribution >= 0.6 is 0 Å². The quantitative estimate of drug-likeness (QED) is 0.508. The minimum atomic E-state index is -3.93. The second kappa shape index (κ2) is 9.43. The van der Waals surface area contributed by atoms with Crippen LogP contribution in [0.2, 0.25) is 0 Å². The molecule has 12 heteroatoms. The van der Waals surface area contributed by atoms with Gasteiger partial charge in [0.25, 0.3) is 10.0 Å². The molecule has 0 saturated carbocycles. The summed E-state index contributed by atoms with van der Waals surface area (Å²) in [4.78, 5) is 20.0. The number of rotatable bonds is 9. The molecule has 0 aliphatic carbocycles. The average molecular weight is 446 g/mol. The van der Waals surface area contributed by atoms with Crippen molar-refractivity contribution in [3.8, 4) is 11.9 Å². The van der Waals surface area contributed by atoms with E-state index < -0.39 is 10.0 Å². The van der Waals surface area contributed by atoms with Crippen molar-refractivity contribution in [2.75, 3.05) is 24.3 Å². The number of nitrogens with zero attached hydrogens (tertiary/aromatic N) is 4. The zero-order valence-corrected chi connectivity index (χ0v) is 18.0. The first-order valence-electron chi connectivity index (χ1n) is 9.19. The zero-order chi connectivity index (χ0) is 22.4. The average Bonchev–Trinajstić information content (AvgIpc) is 3.16. The van der Waals surface area contributed by atoms with Gasteiger partial charge >= 0.3 is 6.01 Å². The molecule has 0 spiro atoms. The highest BCUT2D eigenvalue weighted by molar-refractivity contribution is 7.92. The fourth-order valence-corrected chi connectivity index (χ4v) is 3.62. The molecule has 0 bridgehead atoms. The number of hydrogen-bond acceptors (Lipinski definition) is 8. The lowest BCUT2D eigenvalue weighted by Gasteiger charge is -2.10. The molecule has 0 aliphatic rings. The maximum absolute atomic E-state index is 12.6. The molecule has 0 saturated heterocycles. The van der Waals surface area contributed by atoms with E-state index in [9.17, 15) is 13.2 Å². The van der Waals surface area contributed by atoms with Crippen molar-refractivity contribution in [3.05, 3.63) is 48.3 Å². The fraction of sp³-hybridized carbons (Fsp3) is 0.263. The third-order valence-electron chi connectivity index (χ3n) is 4.24. The summed E-state index contributed by atoms with van der Waals surface area (Å²) in [5.41, 5.74) is 1.44. The van der Waals surface area contributed by atoms with Gasteiger partial charge in [-0.1, -0.05) is 0 Å². The highest BCUT2D eigenvalue weighted by Gasteiger charge is 2.17. The highest BCUT2D eigenvalue weighted by Crippen LogP contribution is 2.21. The molecule has 164 valence electrons. The van der Waals surface area contributed by atoms with Crippen LogP contribution in [0.1, 0.15) is 12.1 Å². The van der Waals surface area contributed by atoms with Crippen LogP contribution in [0, 0.1) is 6.92 Å². The maximum atomic E-state index is 12.6. The molecule has 0 aliphatic heterocycles. The number of aromatic nitrogens is 4. The Hall–Kier alpha value is -3.67. The van der Waals surface area contributed by atoms with E-state index in [0.29, 0.717) is 12.2 Å². The van der Waals surface area contributed by atoms with E-state index >= 15 is 0 Å². The fourth-order valence-electron chi connectivity index (χ4n) is 2.63. The summed E-state index contributed by atoms with van der Waals surface area (Å²) in [5, 5.41) is 6.86. The van der Waals surface area contributed by atoms with Crippen LogP contribution in [0.5, 0.6) is 11.9 Å². The van der Waals surface area contributed by atoms with Gasteiger partial charge in [-0.05, 0) is 37.3 Å². The van der Waals surface area contributed by atoms with Gasteiger partial charge in [-0.3, -0.25) is 14.2 Å². The zero-order valence-electron chi connectivity index (χ0n) is 17.2. The standard InChI is InChI=1S/C19H22N6O5S/c1-13-8-10-20-25(13)11-9-17(26)21-14-4-6-15(7-5-14)31(27,28)24-16-12-18(29-2)23-19(22-16)30-3/h4-8,10,12H,9,11H2,1-3H3,(H,21,26)(H,22,23,24). The molecular weight excluding hydrogens is 424 g/mol. The summed E-state index contributed by atoms with van der Waals surface area (Å²) in [6.45, 7) is 2.36. The summed E-state index contributed by atoms with van der Waals surface area (Å²) >= 11 is 0. The Bertz CT molecular complexity index is 1140. The molecular formula is C19H22N6O5S. The molecule has 1 amide bonds. The molecule has 3 aromatic rings. The Kier molecular flexibility index (Phi) is 6.70. The molecule has 1 aromatic carbocycles. The number of hydrogen-bond donors (Lipinski definition) is 2. The monoisotopic (exact) mass is 446 g/mol. The van der Waals surface area contributed by atoms with Gasteiger partial charge in [0, 0.05) is 36.6 Å². The number of benzene rings is 1. The van der Waals surface area contributed by atoms with Gasteiger partial charge in [0.1, 0.15) is 0 Å². The predicted molar refractivity (Wildman–Crippen MR) is 113 cm³/mol. The van der Waals surface area contributed by atoms with Crippen molar-refractivity contribution >= 4 is 27.4 Å². The Balaban J connectivity index is 1.64. The molecule has 0 unspecified atom stereocenters. The largest absolute Gasteiger partial charge is 0.481 e. The molecule has 0 radical (unpaired) electrons. The summed E-state index contributed by atoms with van der Waals surface area (Å²) in [6.07, 6.45) is 1.91. The van der Waals surface area contributed by atoms with E-state index in [4.69, 9.17) is 9.47 Å². The molecule has 31 heavy (non-hydrogen) atoms. The van der Waals surface area contributed by atoms with Gasteiger partial charge in [-0.2, -0.15) is 15.1 Å². The molecule has 2 heterocycles. The van der Waals surface area contributed by atoms with E-state index in [1.807, 2.05) is 13.0 Å². The van der Waals surface area contributed by atoms with E-state index in [1.165, 1.54) is 44.6 Å². The van der Waals surface area contributed by atoms with Crippen LogP contribution in [-0.4, -0.2) is 48.3 Å².